The third-order valence-electron chi connectivity index (χ3n) is 3.45. The van der Waals surface area contributed by atoms with E-state index in [0.29, 0.717) is 0 Å². The van der Waals surface area contributed by atoms with E-state index in [0.717, 1.165) is 11.1 Å². The highest BCUT2D eigenvalue weighted by molar-refractivity contribution is 5.35. The Morgan fingerprint density at radius 3 is 2.29 bits per heavy atom. The molecule has 4 nitrogen and oxygen atoms in total. The highest BCUT2D eigenvalue weighted by Crippen LogP contribution is 2.22. The molecule has 0 aliphatic rings. The third kappa shape index (κ3) is 3.86. The molecule has 0 saturated carbocycles. The van der Waals surface area contributed by atoms with Gasteiger partial charge in [-0.25, -0.2) is 4.39 Å². The Labute approximate surface area is 122 Å². The summed E-state index contributed by atoms with van der Waals surface area (Å²) in [5, 5.41) is 14.2. The molecule has 0 aromatic heterocycles. The Morgan fingerprint density at radius 2 is 1.67 bits per heavy atom. The molecule has 0 fully saturated rings. The summed E-state index contributed by atoms with van der Waals surface area (Å²) < 4.78 is 12.9. The number of hydrogen-bond acceptors (Lipinski definition) is 3. The summed E-state index contributed by atoms with van der Waals surface area (Å²) in [6.45, 7) is 3.92. The fourth-order valence-electron chi connectivity index (χ4n) is 2.23. The molecule has 0 spiro atoms. The first-order valence-electron chi connectivity index (χ1n) is 6.73. The number of nitro benzene ring substituents is 1. The quantitative estimate of drug-likeness (QED) is 0.664. The average molecular weight is 288 g/mol. The molecule has 21 heavy (non-hydrogen) atoms. The van der Waals surface area contributed by atoms with Crippen LogP contribution >= 0.6 is 0 Å². The minimum absolute atomic E-state index is 0.0138. The van der Waals surface area contributed by atoms with Gasteiger partial charge in [-0.1, -0.05) is 24.3 Å². The van der Waals surface area contributed by atoms with Crippen LogP contribution in [0.25, 0.3) is 0 Å². The zero-order valence-corrected chi connectivity index (χ0v) is 11.9. The monoisotopic (exact) mass is 288 g/mol. The Morgan fingerprint density at radius 1 is 1.05 bits per heavy atom. The molecule has 0 heterocycles. The van der Waals surface area contributed by atoms with Crippen LogP contribution in [0.5, 0.6) is 0 Å². The Hall–Kier alpha value is -2.27. The van der Waals surface area contributed by atoms with Crippen molar-refractivity contribution in [3.63, 3.8) is 0 Å². The number of halogens is 1. The summed E-state index contributed by atoms with van der Waals surface area (Å²) in [6.07, 6.45) is 0. The largest absolute Gasteiger partial charge is 0.304 e. The standard InChI is InChI=1S/C16H17FN2O2/c1-11(13-6-8-15(17)9-7-13)18-12(2)14-4-3-5-16(10-14)19(20)21/h3-12,18H,1-2H3/t11-,12?/m0/s1. The fourth-order valence-corrected chi connectivity index (χ4v) is 2.23. The minimum Gasteiger partial charge on any atom is -0.304 e. The van der Waals surface area contributed by atoms with Crippen molar-refractivity contribution in [3.05, 3.63) is 75.6 Å². The summed E-state index contributed by atoms with van der Waals surface area (Å²) in [7, 11) is 0. The first-order chi connectivity index (χ1) is 9.97. The predicted octanol–water partition coefficient (Wildman–Crippen LogP) is 4.15. The van der Waals surface area contributed by atoms with Gasteiger partial charge in [-0.05, 0) is 37.1 Å². The van der Waals surface area contributed by atoms with E-state index in [9.17, 15) is 14.5 Å². The van der Waals surface area contributed by atoms with Gasteiger partial charge in [0.1, 0.15) is 5.82 Å². The normalized spacial score (nSPS) is 13.7. The number of nitrogens with zero attached hydrogens (tertiary/aromatic N) is 1. The van der Waals surface area contributed by atoms with Gasteiger partial charge in [-0.3, -0.25) is 10.1 Å². The summed E-state index contributed by atoms with van der Waals surface area (Å²) in [4.78, 5) is 10.4. The maximum Gasteiger partial charge on any atom is 0.269 e. The summed E-state index contributed by atoms with van der Waals surface area (Å²) >= 11 is 0. The molecular formula is C16H17FN2O2. The summed E-state index contributed by atoms with van der Waals surface area (Å²) in [6, 6.07) is 12.8. The van der Waals surface area contributed by atoms with Gasteiger partial charge in [0.25, 0.3) is 5.69 Å². The molecule has 2 atom stereocenters. The number of nitrogens with one attached hydrogen (secondary N) is 1. The van der Waals surface area contributed by atoms with E-state index in [2.05, 4.69) is 5.32 Å². The number of hydrogen-bond donors (Lipinski definition) is 1. The molecule has 5 heteroatoms. The smallest absolute Gasteiger partial charge is 0.269 e. The molecule has 0 aliphatic heterocycles. The van der Waals surface area contributed by atoms with Gasteiger partial charge in [0.05, 0.1) is 4.92 Å². The average Bonchev–Trinajstić information content (AvgIpc) is 2.48. The molecule has 0 bridgehead atoms. The van der Waals surface area contributed by atoms with Gasteiger partial charge in [0.2, 0.25) is 0 Å². The van der Waals surface area contributed by atoms with E-state index in [1.54, 1.807) is 24.3 Å². The fraction of sp³-hybridized carbons (Fsp3) is 0.250. The van der Waals surface area contributed by atoms with Gasteiger partial charge in [-0.2, -0.15) is 0 Å². The first-order valence-corrected chi connectivity index (χ1v) is 6.73. The SMILES string of the molecule is CC(N[C@@H](C)c1ccc(F)cc1)c1cccc([N+](=O)[O-])c1. The van der Waals surface area contributed by atoms with Crippen LogP contribution in [-0.4, -0.2) is 4.92 Å². The van der Waals surface area contributed by atoms with Crippen LogP contribution in [0.1, 0.15) is 37.1 Å². The van der Waals surface area contributed by atoms with E-state index >= 15 is 0 Å². The lowest BCUT2D eigenvalue weighted by Crippen LogP contribution is -2.22. The van der Waals surface area contributed by atoms with Crippen LogP contribution in [0.2, 0.25) is 0 Å². The zero-order chi connectivity index (χ0) is 15.4. The second-order valence-electron chi connectivity index (χ2n) is 5.01. The van der Waals surface area contributed by atoms with Crippen molar-refractivity contribution in [1.82, 2.24) is 5.32 Å². The molecule has 2 rings (SSSR count). The number of nitro groups is 1. The van der Waals surface area contributed by atoms with E-state index in [-0.39, 0.29) is 23.6 Å². The van der Waals surface area contributed by atoms with Crippen LogP contribution in [-0.2, 0) is 0 Å². The maximum atomic E-state index is 12.9. The van der Waals surface area contributed by atoms with E-state index in [1.807, 2.05) is 19.9 Å². The topological polar surface area (TPSA) is 55.2 Å². The molecule has 1 N–H and O–H groups in total. The second kappa shape index (κ2) is 6.45. The second-order valence-corrected chi connectivity index (χ2v) is 5.01. The van der Waals surface area contributed by atoms with Crippen molar-refractivity contribution in [2.75, 3.05) is 0 Å². The molecule has 0 amide bonds. The van der Waals surface area contributed by atoms with Crippen LogP contribution in [0.3, 0.4) is 0 Å². The van der Waals surface area contributed by atoms with Crippen LogP contribution in [0.4, 0.5) is 10.1 Å². The van der Waals surface area contributed by atoms with Crippen molar-refractivity contribution in [3.8, 4) is 0 Å². The summed E-state index contributed by atoms with van der Waals surface area (Å²) in [5.41, 5.74) is 1.89. The molecule has 2 aromatic carbocycles. The van der Waals surface area contributed by atoms with Crippen LogP contribution in [0.15, 0.2) is 48.5 Å². The van der Waals surface area contributed by atoms with Crippen molar-refractivity contribution in [2.24, 2.45) is 0 Å². The maximum absolute atomic E-state index is 12.9. The minimum atomic E-state index is -0.403. The van der Waals surface area contributed by atoms with E-state index in [4.69, 9.17) is 0 Å². The number of non-ortho nitro benzene ring substituents is 1. The Bertz CT molecular complexity index is 628. The molecular weight excluding hydrogens is 271 g/mol. The van der Waals surface area contributed by atoms with Crippen molar-refractivity contribution in [1.29, 1.82) is 0 Å². The van der Waals surface area contributed by atoms with Crippen LogP contribution < -0.4 is 5.32 Å². The lowest BCUT2D eigenvalue weighted by Gasteiger charge is -2.20. The molecule has 1 unspecified atom stereocenters. The molecule has 110 valence electrons. The molecule has 2 aromatic rings. The van der Waals surface area contributed by atoms with Crippen molar-refractivity contribution >= 4 is 5.69 Å². The summed E-state index contributed by atoms with van der Waals surface area (Å²) in [5.74, 6) is -0.266. The van der Waals surface area contributed by atoms with Crippen molar-refractivity contribution < 1.29 is 9.31 Å². The number of rotatable bonds is 5. The Kier molecular flexibility index (Phi) is 4.65. The third-order valence-corrected chi connectivity index (χ3v) is 3.45. The van der Waals surface area contributed by atoms with Gasteiger partial charge in [-0.15, -0.1) is 0 Å². The van der Waals surface area contributed by atoms with Gasteiger partial charge >= 0.3 is 0 Å². The van der Waals surface area contributed by atoms with Gasteiger partial charge in [0.15, 0.2) is 0 Å². The highest BCUT2D eigenvalue weighted by Gasteiger charge is 2.14. The van der Waals surface area contributed by atoms with Crippen LogP contribution in [0, 0.1) is 15.9 Å². The van der Waals surface area contributed by atoms with E-state index < -0.39 is 4.92 Å². The first kappa shape index (κ1) is 15.1. The van der Waals surface area contributed by atoms with Crippen molar-refractivity contribution in [2.45, 2.75) is 25.9 Å². The lowest BCUT2D eigenvalue weighted by molar-refractivity contribution is -0.384. The zero-order valence-electron chi connectivity index (χ0n) is 11.9. The molecule has 0 saturated heterocycles. The molecule has 0 radical (unpaired) electrons. The van der Waals surface area contributed by atoms with Gasteiger partial charge in [0, 0.05) is 24.2 Å². The predicted molar refractivity (Wildman–Crippen MR) is 79.5 cm³/mol. The Balaban J connectivity index is 2.10. The highest BCUT2D eigenvalue weighted by atomic mass is 19.1. The van der Waals surface area contributed by atoms with Gasteiger partial charge < -0.3 is 5.32 Å². The molecule has 0 aliphatic carbocycles. The van der Waals surface area contributed by atoms with E-state index in [1.165, 1.54) is 18.2 Å². The lowest BCUT2D eigenvalue weighted by atomic mass is 10.0. The number of benzene rings is 2.